The number of carboxylic acid groups (broad SMARTS) is 1. The molecule has 0 radical (unpaired) electrons. The van der Waals surface area contributed by atoms with Crippen LogP contribution in [0.3, 0.4) is 0 Å². The van der Waals surface area contributed by atoms with Crippen molar-refractivity contribution in [1.82, 2.24) is 4.90 Å². The van der Waals surface area contributed by atoms with Gasteiger partial charge in [0.15, 0.2) is 23.9 Å². The van der Waals surface area contributed by atoms with E-state index in [1.54, 1.807) is 7.11 Å². The lowest BCUT2D eigenvalue weighted by atomic mass is 9.77. The summed E-state index contributed by atoms with van der Waals surface area (Å²) in [5.74, 6) is -0.410. The van der Waals surface area contributed by atoms with Crippen LogP contribution in [0.2, 0.25) is 0 Å². The summed E-state index contributed by atoms with van der Waals surface area (Å²) in [5, 5.41) is 10.6. The van der Waals surface area contributed by atoms with Gasteiger partial charge in [0, 0.05) is 31.1 Å². The van der Waals surface area contributed by atoms with Crippen LogP contribution in [-0.4, -0.2) is 61.5 Å². The maximum atomic E-state index is 14.0. The largest absolute Gasteiger partial charge is 0.493 e. The molecule has 2 aromatic rings. The van der Waals surface area contributed by atoms with Gasteiger partial charge >= 0.3 is 5.97 Å². The van der Waals surface area contributed by atoms with Gasteiger partial charge in [-0.2, -0.15) is 0 Å². The van der Waals surface area contributed by atoms with Gasteiger partial charge in [-0.15, -0.1) is 0 Å². The van der Waals surface area contributed by atoms with E-state index in [0.717, 1.165) is 24.1 Å². The molecule has 0 aliphatic carbocycles. The lowest BCUT2D eigenvalue weighted by molar-refractivity contribution is -0.670. The van der Waals surface area contributed by atoms with Crippen molar-refractivity contribution in [2.75, 3.05) is 38.4 Å². The zero-order valence-electron chi connectivity index (χ0n) is 25.1. The number of hydrogen-bond acceptors (Lipinski definition) is 6. The van der Waals surface area contributed by atoms with Crippen LogP contribution in [0.25, 0.3) is 0 Å². The highest BCUT2D eigenvalue weighted by molar-refractivity contribution is 5.94. The highest BCUT2D eigenvalue weighted by atomic mass is 16.7. The molecule has 4 rings (SSSR count). The molecule has 0 saturated carbocycles. The molecule has 1 saturated heterocycles. The summed E-state index contributed by atoms with van der Waals surface area (Å²) in [4.78, 5) is 30.9. The molecule has 41 heavy (non-hydrogen) atoms. The topological polar surface area (TPSA) is 92.4 Å². The molecular weight excluding hydrogens is 522 g/mol. The fraction of sp³-hybridized carbons (Fsp3) is 0.531. The van der Waals surface area contributed by atoms with E-state index >= 15 is 0 Å². The van der Waals surface area contributed by atoms with Crippen LogP contribution in [0.1, 0.15) is 58.4 Å². The van der Waals surface area contributed by atoms with Gasteiger partial charge in [0.25, 0.3) is 0 Å². The van der Waals surface area contributed by atoms with E-state index in [0.29, 0.717) is 36.8 Å². The molecule has 1 fully saturated rings. The fourth-order valence-electron chi connectivity index (χ4n) is 6.21. The number of methoxy groups -OCH3 is 1. The van der Waals surface area contributed by atoms with E-state index in [4.69, 9.17) is 14.2 Å². The summed E-state index contributed by atoms with van der Waals surface area (Å²) in [6.07, 6.45) is 10.4. The molecule has 9 nitrogen and oxygen atoms in total. The number of aliphatic carboxylic acids is 1. The molecular formula is C32H44N3O6+. The summed E-state index contributed by atoms with van der Waals surface area (Å²) in [6, 6.07) is 7.24. The SMILES string of the molecule is CC=CC(C)(C)C[C@H]1[C@H](C(=O)O)[C@@H](c2cc(OC)c3c(c2)OCO3)CN1CC(=O)N(CCCC)c1ccc[n+](C)c1. The van der Waals surface area contributed by atoms with Gasteiger partial charge in [-0.1, -0.05) is 39.3 Å². The number of aromatic nitrogens is 1. The van der Waals surface area contributed by atoms with Gasteiger partial charge in [0.05, 0.1) is 19.6 Å². The number of aryl methyl sites for hydroxylation is 1. The minimum absolute atomic E-state index is 0.0356. The molecule has 2 aliphatic rings. The van der Waals surface area contributed by atoms with E-state index in [9.17, 15) is 14.7 Å². The Morgan fingerprint density at radius 1 is 1.29 bits per heavy atom. The Hall–Kier alpha value is -3.59. The Bertz CT molecular complexity index is 1280. The van der Waals surface area contributed by atoms with Crippen molar-refractivity contribution in [3.05, 3.63) is 54.4 Å². The maximum Gasteiger partial charge on any atom is 0.308 e. The van der Waals surface area contributed by atoms with E-state index in [-0.39, 0.29) is 36.6 Å². The van der Waals surface area contributed by atoms with Gasteiger partial charge < -0.3 is 24.2 Å². The second-order valence-electron chi connectivity index (χ2n) is 11.7. The summed E-state index contributed by atoms with van der Waals surface area (Å²) in [6.45, 7) is 9.55. The molecule has 1 aromatic heterocycles. The number of nitrogens with zero attached hydrogens (tertiary/aromatic N) is 3. The van der Waals surface area contributed by atoms with E-state index in [1.165, 1.54) is 0 Å². The second kappa shape index (κ2) is 12.9. The predicted molar refractivity (Wildman–Crippen MR) is 156 cm³/mol. The van der Waals surface area contributed by atoms with E-state index in [2.05, 4.69) is 31.7 Å². The normalized spacial score (nSPS) is 20.5. The van der Waals surface area contributed by atoms with Crippen LogP contribution in [0.5, 0.6) is 17.2 Å². The van der Waals surface area contributed by atoms with E-state index in [1.807, 2.05) is 66.2 Å². The molecule has 0 unspecified atom stereocenters. The standard InChI is InChI=1S/C32H43N3O6/c1-7-9-14-35(23-11-10-13-33(5)18-23)28(36)20-34-19-24(22-15-26(39-6)30-27(16-22)40-21-41-30)29(31(37)38)25(34)17-32(3,4)12-8-2/h8,10-13,15-16,18,24-25,29H,7,9,14,17,19-21H2,1-6H3/p+1/t24-,25+,29-/m1/s1. The highest BCUT2D eigenvalue weighted by Crippen LogP contribution is 2.48. The Kier molecular flexibility index (Phi) is 9.58. The van der Waals surface area contributed by atoms with Gasteiger partial charge in [-0.05, 0) is 48.9 Å². The number of benzene rings is 1. The molecule has 1 N–H and O–H groups in total. The number of carboxylic acids is 1. The first-order chi connectivity index (χ1) is 19.6. The number of ether oxygens (including phenoxy) is 3. The lowest BCUT2D eigenvalue weighted by Crippen LogP contribution is -2.46. The number of carbonyl (C=O) groups excluding carboxylic acids is 1. The number of allylic oxidation sites excluding steroid dienone is 2. The van der Waals surface area contributed by atoms with Crippen molar-refractivity contribution < 1.29 is 33.5 Å². The summed E-state index contributed by atoms with van der Waals surface area (Å²) in [5.41, 5.74) is 1.39. The van der Waals surface area contributed by atoms with Crippen LogP contribution in [-0.2, 0) is 16.6 Å². The monoisotopic (exact) mass is 566 g/mol. The van der Waals surface area contributed by atoms with Crippen molar-refractivity contribution in [2.24, 2.45) is 18.4 Å². The van der Waals surface area contributed by atoms with Crippen LogP contribution in [0.4, 0.5) is 5.69 Å². The zero-order valence-corrected chi connectivity index (χ0v) is 25.1. The fourth-order valence-corrected chi connectivity index (χ4v) is 6.21. The van der Waals surface area contributed by atoms with Gasteiger partial charge in [-0.3, -0.25) is 14.5 Å². The molecule has 0 bridgehead atoms. The van der Waals surface area contributed by atoms with Crippen molar-refractivity contribution in [3.8, 4) is 17.2 Å². The van der Waals surface area contributed by atoms with E-state index < -0.39 is 11.9 Å². The molecule has 222 valence electrons. The zero-order chi connectivity index (χ0) is 29.7. The Morgan fingerprint density at radius 2 is 2.07 bits per heavy atom. The van der Waals surface area contributed by atoms with Crippen LogP contribution < -0.4 is 23.7 Å². The minimum atomic E-state index is -0.874. The van der Waals surface area contributed by atoms with Crippen molar-refractivity contribution in [3.63, 3.8) is 0 Å². The smallest absolute Gasteiger partial charge is 0.308 e. The highest BCUT2D eigenvalue weighted by Gasteiger charge is 2.49. The van der Waals surface area contributed by atoms with Gasteiger partial charge in [0.1, 0.15) is 12.7 Å². The van der Waals surface area contributed by atoms with Gasteiger partial charge in [0.2, 0.25) is 18.4 Å². The molecule has 1 aromatic carbocycles. The summed E-state index contributed by atoms with van der Waals surface area (Å²) >= 11 is 0. The third-order valence-corrected chi connectivity index (χ3v) is 8.11. The third-order valence-electron chi connectivity index (χ3n) is 8.11. The molecule has 3 atom stereocenters. The Labute approximate surface area is 243 Å². The first-order valence-electron chi connectivity index (χ1n) is 14.4. The maximum absolute atomic E-state index is 14.0. The number of pyridine rings is 1. The number of unbranched alkanes of at least 4 members (excludes halogenated alkanes) is 1. The quantitative estimate of drug-likeness (QED) is 0.298. The van der Waals surface area contributed by atoms with Crippen LogP contribution >= 0.6 is 0 Å². The second-order valence-corrected chi connectivity index (χ2v) is 11.7. The summed E-state index contributed by atoms with van der Waals surface area (Å²) < 4.78 is 18.7. The number of anilines is 1. The van der Waals surface area contributed by atoms with Crippen molar-refractivity contribution in [1.29, 1.82) is 0 Å². The number of carbonyl (C=O) groups is 2. The van der Waals surface area contributed by atoms with Crippen molar-refractivity contribution in [2.45, 2.75) is 58.9 Å². The van der Waals surface area contributed by atoms with Crippen LogP contribution in [0, 0.1) is 11.3 Å². The van der Waals surface area contributed by atoms with Crippen molar-refractivity contribution >= 4 is 17.6 Å². The molecule has 1 amide bonds. The predicted octanol–water partition coefficient (Wildman–Crippen LogP) is 4.54. The van der Waals surface area contributed by atoms with Gasteiger partial charge in [-0.25, -0.2) is 4.57 Å². The average molecular weight is 567 g/mol. The molecule has 2 aliphatic heterocycles. The molecule has 9 heteroatoms. The number of amides is 1. The first kappa shape index (κ1) is 30.4. The number of fused-ring (bicyclic) bond motifs is 1. The average Bonchev–Trinajstić information content (AvgIpc) is 3.53. The number of rotatable bonds is 12. The minimum Gasteiger partial charge on any atom is -0.493 e. The number of likely N-dealkylation sites (tertiary alicyclic amines) is 1. The Morgan fingerprint density at radius 3 is 2.73 bits per heavy atom. The molecule has 3 heterocycles. The number of hydrogen-bond donors (Lipinski definition) is 1. The molecule has 0 spiro atoms. The summed E-state index contributed by atoms with van der Waals surface area (Å²) in [7, 11) is 3.50. The van der Waals surface area contributed by atoms with Crippen LogP contribution in [0.15, 0.2) is 48.8 Å². The first-order valence-corrected chi connectivity index (χ1v) is 14.4. The third kappa shape index (κ3) is 6.84. The Balaban J connectivity index is 1.72. The lowest BCUT2D eigenvalue weighted by Gasteiger charge is -2.33.